The van der Waals surface area contributed by atoms with Crippen molar-refractivity contribution in [2.24, 2.45) is 0 Å². The van der Waals surface area contributed by atoms with E-state index in [1.54, 1.807) is 23.3 Å². The molecule has 2 aliphatic heterocycles. The topological polar surface area (TPSA) is 120 Å². The number of hydrogen-bond acceptors (Lipinski definition) is 7. The van der Waals surface area contributed by atoms with Crippen molar-refractivity contribution in [2.45, 2.75) is 36.8 Å². The molecule has 4 aromatic rings. The number of pyridine rings is 1. The number of H-pyrrole nitrogens is 1. The van der Waals surface area contributed by atoms with Gasteiger partial charge in [0.2, 0.25) is 0 Å². The maximum atomic E-state index is 15.4. The average Bonchev–Trinajstić information content (AvgIpc) is 3.60. The number of amides is 1. The van der Waals surface area contributed by atoms with Crippen LogP contribution in [0.4, 0.5) is 22.0 Å². The van der Waals surface area contributed by atoms with Gasteiger partial charge < -0.3 is 9.88 Å². The smallest absolute Gasteiger partial charge is 0.346 e. The Morgan fingerprint density at radius 3 is 2.76 bits per heavy atom. The maximum absolute atomic E-state index is 15.4. The van der Waals surface area contributed by atoms with E-state index in [4.69, 9.17) is 0 Å². The second-order valence-electron chi connectivity index (χ2n) is 10.2. The number of hydrogen-bond donors (Lipinski definition) is 1. The number of piperidine rings is 1. The Bertz CT molecular complexity index is 1650. The summed E-state index contributed by atoms with van der Waals surface area (Å²) < 4.78 is 70.6. The lowest BCUT2D eigenvalue weighted by atomic mass is 9.83. The molecule has 0 aromatic carbocycles. The summed E-state index contributed by atoms with van der Waals surface area (Å²) in [6.45, 7) is 0.289. The zero-order valence-corrected chi connectivity index (χ0v) is 21.3. The minimum Gasteiger partial charge on any atom is -0.346 e. The molecule has 41 heavy (non-hydrogen) atoms. The molecule has 10 nitrogen and oxygen atoms in total. The van der Waals surface area contributed by atoms with Crippen LogP contribution < -0.4 is 0 Å². The fourth-order valence-electron chi connectivity index (χ4n) is 5.70. The predicted octanol–water partition coefficient (Wildman–Crippen LogP) is 3.55. The lowest BCUT2D eigenvalue weighted by molar-refractivity contribution is -0.143. The second kappa shape index (κ2) is 9.88. The first-order chi connectivity index (χ1) is 19.6. The van der Waals surface area contributed by atoms with Crippen molar-refractivity contribution >= 4 is 16.9 Å². The monoisotopic (exact) mass is 571 g/mol. The van der Waals surface area contributed by atoms with Gasteiger partial charge >= 0.3 is 6.18 Å². The number of nitrogens with zero attached hydrogens (tertiary/aromatic N) is 8. The quantitative estimate of drug-likeness (QED) is 0.364. The molecule has 1 N–H and O–H groups in total. The summed E-state index contributed by atoms with van der Waals surface area (Å²) in [5.41, 5.74) is -1.19. The van der Waals surface area contributed by atoms with Crippen LogP contribution in [-0.2, 0) is 11.7 Å². The number of carbonyl (C=O) groups is 1. The summed E-state index contributed by atoms with van der Waals surface area (Å²) in [6, 6.07) is 4.32. The molecule has 0 aliphatic carbocycles. The highest BCUT2D eigenvalue weighted by Crippen LogP contribution is 2.38. The molecule has 6 rings (SSSR count). The summed E-state index contributed by atoms with van der Waals surface area (Å²) >= 11 is 0. The van der Waals surface area contributed by atoms with Gasteiger partial charge in [-0.25, -0.2) is 23.7 Å². The highest BCUT2D eigenvalue weighted by atomic mass is 19.4. The van der Waals surface area contributed by atoms with Crippen molar-refractivity contribution in [3.63, 3.8) is 0 Å². The van der Waals surface area contributed by atoms with Crippen LogP contribution in [0.25, 0.3) is 22.3 Å². The van der Waals surface area contributed by atoms with Gasteiger partial charge in [-0.05, 0) is 18.6 Å². The van der Waals surface area contributed by atoms with Crippen LogP contribution >= 0.6 is 0 Å². The van der Waals surface area contributed by atoms with Gasteiger partial charge in [-0.1, -0.05) is 0 Å². The van der Waals surface area contributed by atoms with Crippen LogP contribution in [0.1, 0.15) is 28.9 Å². The van der Waals surface area contributed by atoms with Crippen molar-refractivity contribution in [1.29, 1.82) is 5.26 Å². The molecule has 1 unspecified atom stereocenters. The first-order valence-corrected chi connectivity index (χ1v) is 12.7. The van der Waals surface area contributed by atoms with E-state index in [-0.39, 0.29) is 19.4 Å². The Balaban J connectivity index is 1.15. The normalized spacial score (nSPS) is 21.0. The third kappa shape index (κ3) is 4.57. The number of nitriles is 1. The maximum Gasteiger partial charge on any atom is 0.436 e. The summed E-state index contributed by atoms with van der Waals surface area (Å²) in [6.07, 6.45) is 1.08. The van der Waals surface area contributed by atoms with Gasteiger partial charge in [-0.3, -0.25) is 14.4 Å². The zero-order chi connectivity index (χ0) is 28.9. The first kappa shape index (κ1) is 26.8. The molecule has 6 heterocycles. The average molecular weight is 572 g/mol. The minimum atomic E-state index is -5.07. The minimum absolute atomic E-state index is 0.0288. The Kier molecular flexibility index (Phi) is 6.45. The Labute approximate surface area is 229 Å². The highest BCUT2D eigenvalue weighted by Gasteiger charge is 2.50. The molecular weight excluding hydrogens is 549 g/mol. The van der Waals surface area contributed by atoms with Crippen LogP contribution in [0.5, 0.6) is 0 Å². The predicted molar refractivity (Wildman–Crippen MR) is 133 cm³/mol. The number of alkyl halides is 4. The van der Waals surface area contributed by atoms with Crippen LogP contribution in [-0.4, -0.2) is 83.8 Å². The molecule has 2 aliphatic rings. The van der Waals surface area contributed by atoms with Crippen molar-refractivity contribution in [3.05, 3.63) is 60.3 Å². The summed E-state index contributed by atoms with van der Waals surface area (Å²) in [5, 5.41) is 14.9. The van der Waals surface area contributed by atoms with E-state index in [0.29, 0.717) is 30.6 Å². The molecular formula is C26H22F5N9O. The second-order valence-corrected chi connectivity index (χ2v) is 10.2. The fraction of sp³-hybridized carbons (Fsp3) is 0.385. The number of halogens is 5. The van der Waals surface area contributed by atoms with E-state index >= 15 is 4.39 Å². The van der Waals surface area contributed by atoms with Gasteiger partial charge in [-0.2, -0.15) is 23.5 Å². The molecule has 0 saturated carbocycles. The number of fused-ring (bicyclic) bond motifs is 1. The molecule has 1 amide bonds. The largest absolute Gasteiger partial charge is 0.436 e. The van der Waals surface area contributed by atoms with Crippen molar-refractivity contribution in [1.82, 2.24) is 39.5 Å². The van der Waals surface area contributed by atoms with E-state index in [1.165, 1.54) is 6.33 Å². The van der Waals surface area contributed by atoms with Gasteiger partial charge in [-0.15, -0.1) is 0 Å². The molecule has 2 atom stereocenters. The molecule has 0 radical (unpaired) electrons. The van der Waals surface area contributed by atoms with Gasteiger partial charge in [0.1, 0.15) is 23.7 Å². The Morgan fingerprint density at radius 1 is 1.22 bits per heavy atom. The van der Waals surface area contributed by atoms with E-state index in [0.717, 1.165) is 21.9 Å². The molecule has 2 fully saturated rings. The third-order valence-electron chi connectivity index (χ3n) is 7.75. The molecule has 0 bridgehead atoms. The van der Waals surface area contributed by atoms with Gasteiger partial charge in [0.05, 0.1) is 36.5 Å². The van der Waals surface area contributed by atoms with Crippen molar-refractivity contribution in [3.8, 4) is 17.3 Å². The van der Waals surface area contributed by atoms with E-state index in [9.17, 15) is 27.6 Å². The van der Waals surface area contributed by atoms with Crippen molar-refractivity contribution < 1.29 is 26.7 Å². The van der Waals surface area contributed by atoms with E-state index < -0.39 is 53.5 Å². The lowest BCUT2D eigenvalue weighted by Crippen LogP contribution is -2.68. The van der Waals surface area contributed by atoms with Crippen LogP contribution in [0, 0.1) is 17.1 Å². The number of aromatic nitrogens is 6. The number of rotatable bonds is 5. The van der Waals surface area contributed by atoms with E-state index in [2.05, 4.69) is 31.1 Å². The van der Waals surface area contributed by atoms with Gasteiger partial charge in [0, 0.05) is 55.2 Å². The van der Waals surface area contributed by atoms with E-state index in [1.807, 2.05) is 11.0 Å². The molecule has 15 heteroatoms. The first-order valence-electron chi connectivity index (χ1n) is 12.7. The third-order valence-corrected chi connectivity index (χ3v) is 7.75. The number of likely N-dealkylation sites (tertiary alicyclic amines) is 2. The fourth-order valence-corrected chi connectivity index (χ4v) is 5.70. The van der Waals surface area contributed by atoms with Gasteiger partial charge in [0.25, 0.3) is 5.91 Å². The molecule has 2 saturated heterocycles. The van der Waals surface area contributed by atoms with Crippen molar-refractivity contribution in [2.75, 3.05) is 26.2 Å². The lowest BCUT2D eigenvalue weighted by Gasteiger charge is -2.54. The number of carbonyl (C=O) groups excluding carboxylic acids is 1. The summed E-state index contributed by atoms with van der Waals surface area (Å²) in [4.78, 5) is 30.3. The Hall–Kier alpha value is -4.45. The molecule has 212 valence electrons. The SMILES string of the molecule is N#CCC1(n2cc(-c3ncnc4[nH]ccc34)cn2)CN([C@@H]2CCN(C(=O)c3ccnc(C(F)(F)F)c3F)CC2F)C1. The number of nitrogens with one attached hydrogen (secondary N) is 1. The highest BCUT2D eigenvalue weighted by molar-refractivity contribution is 5.94. The summed E-state index contributed by atoms with van der Waals surface area (Å²) in [5.74, 6) is -2.80. The molecule has 4 aromatic heterocycles. The Morgan fingerprint density at radius 2 is 2.02 bits per heavy atom. The van der Waals surface area contributed by atoms with Gasteiger partial charge in [0.15, 0.2) is 11.5 Å². The van der Waals surface area contributed by atoms with Crippen LogP contribution in [0.3, 0.4) is 0 Å². The standard InChI is InChI=1S/C26H22F5N9O/c27-18-11-38(24(41)16-1-6-33-22(20(16)28)26(29,30)31)8-3-19(18)39-12-25(13-39,4-5-32)40-10-15(9-37-40)21-17-2-7-34-23(17)36-14-35-21/h1-2,6-7,9-10,14,18-19H,3-4,8,11-13H2,(H,34,35,36)/t18?,19-/m1/s1. The molecule has 0 spiro atoms. The number of aromatic amines is 1. The zero-order valence-electron chi connectivity index (χ0n) is 21.3. The van der Waals surface area contributed by atoms with Crippen LogP contribution in [0.2, 0.25) is 0 Å². The van der Waals surface area contributed by atoms with Crippen LogP contribution in [0.15, 0.2) is 43.2 Å². The summed E-state index contributed by atoms with van der Waals surface area (Å²) in [7, 11) is 0.